The highest BCUT2D eigenvalue weighted by atomic mass is 127. The monoisotopic (exact) mass is 322 g/mol. The Kier molecular flexibility index (Phi) is 3.05. The first-order valence-electron chi connectivity index (χ1n) is 4.97. The van der Waals surface area contributed by atoms with Crippen LogP contribution in [0.4, 0.5) is 0 Å². The van der Waals surface area contributed by atoms with Crippen LogP contribution in [0, 0.1) is 10.5 Å². The van der Waals surface area contributed by atoms with Crippen LogP contribution >= 0.6 is 22.6 Å². The van der Waals surface area contributed by atoms with Gasteiger partial charge < -0.3 is 9.47 Å². The molecule has 0 aliphatic carbocycles. The molecule has 2 heterocycles. The summed E-state index contributed by atoms with van der Waals surface area (Å²) in [5.41, 5.74) is 1.18. The fraction of sp³-hybridized carbons (Fsp3) is 0.700. The van der Waals surface area contributed by atoms with Crippen LogP contribution in [0.5, 0.6) is 0 Å². The fourth-order valence-electron chi connectivity index (χ4n) is 1.65. The molecular formula is C10H15IN2O2. The first-order chi connectivity index (χ1) is 6.98. The highest BCUT2D eigenvalue weighted by Crippen LogP contribution is 2.23. The summed E-state index contributed by atoms with van der Waals surface area (Å²) in [6.07, 6.45) is 1.98. The van der Waals surface area contributed by atoms with Crippen molar-refractivity contribution in [3.8, 4) is 0 Å². The molecule has 1 aromatic heterocycles. The SMILES string of the molecule is Cc1c(I)cnn1CC1COC(C)(C)O1. The zero-order chi connectivity index (χ0) is 11.1. The van der Waals surface area contributed by atoms with Crippen LogP contribution in [0.2, 0.25) is 0 Å². The second-order valence-corrected chi connectivity index (χ2v) is 5.37. The first-order valence-corrected chi connectivity index (χ1v) is 6.05. The third-order valence-corrected chi connectivity index (χ3v) is 3.55. The van der Waals surface area contributed by atoms with E-state index in [4.69, 9.17) is 9.47 Å². The first kappa shape index (κ1) is 11.3. The van der Waals surface area contributed by atoms with Crippen LogP contribution in [-0.2, 0) is 16.0 Å². The second kappa shape index (κ2) is 4.03. The number of hydrogen-bond acceptors (Lipinski definition) is 3. The van der Waals surface area contributed by atoms with Crippen molar-refractivity contribution in [2.45, 2.75) is 39.2 Å². The van der Waals surface area contributed by atoms with E-state index in [1.165, 1.54) is 9.26 Å². The minimum Gasteiger partial charge on any atom is -0.348 e. The van der Waals surface area contributed by atoms with E-state index in [1.54, 1.807) is 0 Å². The minimum atomic E-state index is -0.446. The third kappa shape index (κ3) is 2.51. The number of ether oxygens (including phenoxy) is 2. The van der Waals surface area contributed by atoms with Gasteiger partial charge in [-0.05, 0) is 43.4 Å². The molecule has 84 valence electrons. The van der Waals surface area contributed by atoms with E-state index in [0.717, 1.165) is 6.54 Å². The summed E-state index contributed by atoms with van der Waals surface area (Å²) < 4.78 is 14.4. The molecule has 1 aliphatic heterocycles. The van der Waals surface area contributed by atoms with Crippen molar-refractivity contribution in [1.29, 1.82) is 0 Å². The van der Waals surface area contributed by atoms with Gasteiger partial charge in [-0.1, -0.05) is 0 Å². The average Bonchev–Trinajstić information content (AvgIpc) is 2.63. The fourth-order valence-corrected chi connectivity index (χ4v) is 2.06. The number of nitrogens with zero attached hydrogens (tertiary/aromatic N) is 2. The Bertz CT molecular complexity index is 362. The smallest absolute Gasteiger partial charge is 0.163 e. The van der Waals surface area contributed by atoms with Crippen LogP contribution in [0.3, 0.4) is 0 Å². The van der Waals surface area contributed by atoms with Crippen molar-refractivity contribution in [2.24, 2.45) is 0 Å². The minimum absolute atomic E-state index is 0.106. The van der Waals surface area contributed by atoms with Gasteiger partial charge in [0.15, 0.2) is 5.79 Å². The van der Waals surface area contributed by atoms with Crippen molar-refractivity contribution in [3.63, 3.8) is 0 Å². The van der Waals surface area contributed by atoms with E-state index < -0.39 is 5.79 Å². The molecule has 1 saturated heterocycles. The highest BCUT2D eigenvalue weighted by Gasteiger charge is 2.33. The number of halogens is 1. The molecule has 1 unspecified atom stereocenters. The number of rotatable bonds is 2. The highest BCUT2D eigenvalue weighted by molar-refractivity contribution is 14.1. The van der Waals surface area contributed by atoms with Crippen molar-refractivity contribution in [3.05, 3.63) is 15.5 Å². The zero-order valence-electron chi connectivity index (χ0n) is 9.16. The van der Waals surface area contributed by atoms with Crippen molar-refractivity contribution in [2.75, 3.05) is 6.61 Å². The quantitative estimate of drug-likeness (QED) is 0.781. The molecular weight excluding hydrogens is 307 g/mol. The predicted octanol–water partition coefficient (Wildman–Crippen LogP) is 1.95. The lowest BCUT2D eigenvalue weighted by atomic mass is 10.3. The predicted molar refractivity (Wildman–Crippen MR) is 64.6 cm³/mol. The van der Waals surface area contributed by atoms with Crippen molar-refractivity contribution < 1.29 is 9.47 Å². The van der Waals surface area contributed by atoms with Crippen LogP contribution in [0.15, 0.2) is 6.20 Å². The van der Waals surface area contributed by atoms with Gasteiger partial charge in [-0.15, -0.1) is 0 Å². The number of hydrogen-bond donors (Lipinski definition) is 0. The molecule has 4 nitrogen and oxygen atoms in total. The third-order valence-electron chi connectivity index (χ3n) is 2.49. The summed E-state index contributed by atoms with van der Waals surface area (Å²) in [4.78, 5) is 0. The van der Waals surface area contributed by atoms with Crippen molar-refractivity contribution in [1.82, 2.24) is 9.78 Å². The lowest BCUT2D eigenvalue weighted by Gasteiger charge is -2.17. The molecule has 1 aliphatic rings. The van der Waals surface area contributed by atoms with E-state index in [1.807, 2.05) is 24.7 Å². The summed E-state index contributed by atoms with van der Waals surface area (Å²) in [6, 6.07) is 0. The Morgan fingerprint density at radius 1 is 1.67 bits per heavy atom. The van der Waals surface area contributed by atoms with Gasteiger partial charge in [-0.25, -0.2) is 0 Å². The van der Waals surface area contributed by atoms with E-state index in [2.05, 4.69) is 34.6 Å². The Balaban J connectivity index is 2.02. The molecule has 0 saturated carbocycles. The summed E-state index contributed by atoms with van der Waals surface area (Å²) in [6.45, 7) is 7.34. The summed E-state index contributed by atoms with van der Waals surface area (Å²) in [5.74, 6) is -0.446. The van der Waals surface area contributed by atoms with Gasteiger partial charge in [0, 0.05) is 5.69 Å². The normalized spacial score (nSPS) is 24.7. The molecule has 2 rings (SSSR count). The molecule has 15 heavy (non-hydrogen) atoms. The standard InChI is InChI=1S/C10H15IN2O2/c1-7-9(11)4-12-13(7)5-8-6-14-10(2,3)15-8/h4,8H,5-6H2,1-3H3. The van der Waals surface area contributed by atoms with Crippen LogP contribution in [0.1, 0.15) is 19.5 Å². The van der Waals surface area contributed by atoms with Crippen molar-refractivity contribution >= 4 is 22.6 Å². The van der Waals surface area contributed by atoms with Gasteiger partial charge in [0.2, 0.25) is 0 Å². The molecule has 5 heteroatoms. The Morgan fingerprint density at radius 2 is 2.40 bits per heavy atom. The number of aromatic nitrogens is 2. The summed E-state index contributed by atoms with van der Waals surface area (Å²) in [5, 5.41) is 4.30. The molecule has 1 aromatic rings. The Labute approximate surface area is 103 Å². The summed E-state index contributed by atoms with van der Waals surface area (Å²) >= 11 is 2.28. The van der Waals surface area contributed by atoms with Gasteiger partial charge in [-0.2, -0.15) is 5.10 Å². The van der Waals surface area contributed by atoms with Gasteiger partial charge >= 0.3 is 0 Å². The van der Waals surface area contributed by atoms with Gasteiger partial charge in [-0.3, -0.25) is 4.68 Å². The maximum absolute atomic E-state index is 5.73. The molecule has 0 aromatic carbocycles. The Hall–Kier alpha value is -0.140. The van der Waals surface area contributed by atoms with Crippen LogP contribution in [0.25, 0.3) is 0 Å². The van der Waals surface area contributed by atoms with E-state index in [9.17, 15) is 0 Å². The molecule has 1 fully saturated rings. The molecule has 0 amide bonds. The lowest BCUT2D eigenvalue weighted by molar-refractivity contribution is -0.139. The summed E-state index contributed by atoms with van der Waals surface area (Å²) in [7, 11) is 0. The molecule has 0 bridgehead atoms. The Morgan fingerprint density at radius 3 is 2.87 bits per heavy atom. The maximum atomic E-state index is 5.73. The van der Waals surface area contributed by atoms with Gasteiger partial charge in [0.05, 0.1) is 22.9 Å². The topological polar surface area (TPSA) is 36.3 Å². The van der Waals surface area contributed by atoms with Gasteiger partial charge in [0.1, 0.15) is 6.10 Å². The van der Waals surface area contributed by atoms with Gasteiger partial charge in [0.25, 0.3) is 0 Å². The molecule has 1 atom stereocenters. The van der Waals surface area contributed by atoms with Crippen LogP contribution < -0.4 is 0 Å². The van der Waals surface area contributed by atoms with E-state index in [-0.39, 0.29) is 6.10 Å². The molecule has 0 N–H and O–H groups in total. The second-order valence-electron chi connectivity index (χ2n) is 4.21. The van der Waals surface area contributed by atoms with E-state index in [0.29, 0.717) is 6.61 Å². The van der Waals surface area contributed by atoms with E-state index >= 15 is 0 Å². The molecule has 0 spiro atoms. The maximum Gasteiger partial charge on any atom is 0.163 e. The average molecular weight is 322 g/mol. The largest absolute Gasteiger partial charge is 0.348 e. The zero-order valence-corrected chi connectivity index (χ0v) is 11.3. The lowest BCUT2D eigenvalue weighted by Crippen LogP contribution is -2.24. The molecule has 0 radical (unpaired) electrons. The van der Waals surface area contributed by atoms with Crippen LogP contribution in [-0.4, -0.2) is 28.3 Å².